The third-order valence-corrected chi connectivity index (χ3v) is 7.88. The number of piperazine rings is 1. The summed E-state index contributed by atoms with van der Waals surface area (Å²) in [6, 6.07) is 5.87. The lowest BCUT2D eigenvalue weighted by atomic mass is 10.0. The number of hydrogen-bond acceptors (Lipinski definition) is 4. The number of rotatable bonds is 4. The lowest BCUT2D eigenvalue weighted by Crippen LogP contribution is -2.53. The van der Waals surface area contributed by atoms with Crippen LogP contribution in [0.5, 0.6) is 0 Å². The normalized spacial score (nSPS) is 22.8. The van der Waals surface area contributed by atoms with Crippen LogP contribution in [-0.4, -0.2) is 73.7 Å². The first kappa shape index (κ1) is 20.3. The van der Waals surface area contributed by atoms with Crippen LogP contribution in [0.25, 0.3) is 0 Å². The highest BCUT2D eigenvalue weighted by Gasteiger charge is 2.32. The van der Waals surface area contributed by atoms with Crippen LogP contribution in [0.4, 0.5) is 0 Å². The number of likely N-dealkylation sites (tertiary alicyclic amines) is 1. The summed E-state index contributed by atoms with van der Waals surface area (Å²) in [4.78, 5) is 17.1. The Bertz CT molecular complexity index is 786. The van der Waals surface area contributed by atoms with Gasteiger partial charge in [0.2, 0.25) is 15.9 Å². The van der Waals surface area contributed by atoms with Gasteiger partial charge in [0.25, 0.3) is 0 Å². The molecule has 0 spiro atoms. The molecule has 1 aromatic rings. The SMILES string of the molecule is Cc1ccc(S(=O)(=O)N2CCN(C(=O)CN3CCCC[C@H]3C)CC2)c(C)c1. The zero-order valence-corrected chi connectivity index (χ0v) is 17.5. The molecule has 0 unspecified atom stereocenters. The molecule has 150 valence electrons. The Kier molecular flexibility index (Phi) is 6.23. The number of benzene rings is 1. The number of aryl methyl sites for hydroxylation is 2. The van der Waals surface area contributed by atoms with Gasteiger partial charge in [0, 0.05) is 32.2 Å². The molecule has 2 fully saturated rings. The molecule has 0 bridgehead atoms. The van der Waals surface area contributed by atoms with Gasteiger partial charge in [-0.2, -0.15) is 4.31 Å². The van der Waals surface area contributed by atoms with Crippen molar-refractivity contribution in [3.05, 3.63) is 29.3 Å². The van der Waals surface area contributed by atoms with Crippen LogP contribution in [0, 0.1) is 13.8 Å². The lowest BCUT2D eigenvalue weighted by molar-refractivity contribution is -0.134. The summed E-state index contributed by atoms with van der Waals surface area (Å²) >= 11 is 0. The summed E-state index contributed by atoms with van der Waals surface area (Å²) in [5.74, 6) is 0.118. The van der Waals surface area contributed by atoms with Crippen molar-refractivity contribution in [1.82, 2.24) is 14.1 Å². The highest BCUT2D eigenvalue weighted by molar-refractivity contribution is 7.89. The molecule has 2 saturated heterocycles. The summed E-state index contributed by atoms with van der Waals surface area (Å²) < 4.78 is 27.5. The van der Waals surface area contributed by atoms with E-state index in [4.69, 9.17) is 0 Å². The van der Waals surface area contributed by atoms with E-state index in [1.807, 2.05) is 30.9 Å². The van der Waals surface area contributed by atoms with E-state index in [2.05, 4.69) is 11.8 Å². The van der Waals surface area contributed by atoms with Gasteiger partial charge in [0.1, 0.15) is 0 Å². The number of hydrogen-bond donors (Lipinski definition) is 0. The first-order valence-electron chi connectivity index (χ1n) is 9.88. The number of sulfonamides is 1. The van der Waals surface area contributed by atoms with E-state index in [9.17, 15) is 13.2 Å². The maximum absolute atomic E-state index is 13.0. The van der Waals surface area contributed by atoms with E-state index in [0.717, 1.165) is 30.5 Å². The van der Waals surface area contributed by atoms with Crippen LogP contribution in [0.2, 0.25) is 0 Å². The Morgan fingerprint density at radius 1 is 1.07 bits per heavy atom. The molecule has 27 heavy (non-hydrogen) atoms. The molecule has 2 heterocycles. The minimum Gasteiger partial charge on any atom is -0.339 e. The van der Waals surface area contributed by atoms with Crippen LogP contribution >= 0.6 is 0 Å². The maximum atomic E-state index is 13.0. The van der Waals surface area contributed by atoms with Gasteiger partial charge in [-0.1, -0.05) is 24.1 Å². The number of amides is 1. The second-order valence-corrected chi connectivity index (χ2v) is 9.78. The van der Waals surface area contributed by atoms with Crippen LogP contribution in [0.1, 0.15) is 37.3 Å². The Balaban J connectivity index is 1.60. The number of carbonyl (C=O) groups is 1. The average molecular weight is 394 g/mol. The van der Waals surface area contributed by atoms with Gasteiger partial charge in [0.15, 0.2) is 0 Å². The van der Waals surface area contributed by atoms with Gasteiger partial charge < -0.3 is 4.90 Å². The molecule has 0 radical (unpaired) electrons. The molecule has 0 aliphatic carbocycles. The molecule has 1 amide bonds. The van der Waals surface area contributed by atoms with Gasteiger partial charge in [-0.15, -0.1) is 0 Å². The molecule has 7 heteroatoms. The summed E-state index contributed by atoms with van der Waals surface area (Å²) in [6.45, 7) is 9.04. The molecule has 0 N–H and O–H groups in total. The summed E-state index contributed by atoms with van der Waals surface area (Å²) in [5.41, 5.74) is 1.82. The summed E-state index contributed by atoms with van der Waals surface area (Å²) in [7, 11) is -3.51. The molecule has 0 aromatic heterocycles. The van der Waals surface area contributed by atoms with Gasteiger partial charge in [0.05, 0.1) is 11.4 Å². The van der Waals surface area contributed by atoms with Crippen molar-refractivity contribution in [3.8, 4) is 0 Å². The number of piperidine rings is 1. The molecule has 1 atom stereocenters. The zero-order valence-electron chi connectivity index (χ0n) is 16.6. The van der Waals surface area contributed by atoms with Gasteiger partial charge in [-0.25, -0.2) is 8.42 Å². The molecule has 2 aliphatic rings. The molecule has 1 aromatic carbocycles. The van der Waals surface area contributed by atoms with Crippen molar-refractivity contribution in [1.29, 1.82) is 0 Å². The molecular formula is C20H31N3O3S. The van der Waals surface area contributed by atoms with Gasteiger partial charge in [-0.05, 0) is 51.8 Å². The highest BCUT2D eigenvalue weighted by Crippen LogP contribution is 2.22. The summed E-state index contributed by atoms with van der Waals surface area (Å²) in [5, 5.41) is 0. The van der Waals surface area contributed by atoms with Gasteiger partial charge >= 0.3 is 0 Å². The second kappa shape index (κ2) is 8.29. The van der Waals surface area contributed by atoms with E-state index in [-0.39, 0.29) is 5.91 Å². The van der Waals surface area contributed by atoms with E-state index in [1.54, 1.807) is 6.07 Å². The largest absolute Gasteiger partial charge is 0.339 e. The van der Waals surface area contributed by atoms with Crippen molar-refractivity contribution in [2.24, 2.45) is 0 Å². The maximum Gasteiger partial charge on any atom is 0.243 e. The van der Waals surface area contributed by atoms with Crippen molar-refractivity contribution in [2.45, 2.75) is 51.0 Å². The van der Waals surface area contributed by atoms with Crippen LogP contribution in [0.15, 0.2) is 23.1 Å². The van der Waals surface area contributed by atoms with Crippen molar-refractivity contribution in [3.63, 3.8) is 0 Å². The monoisotopic (exact) mass is 393 g/mol. The summed E-state index contributed by atoms with van der Waals surface area (Å²) in [6.07, 6.45) is 3.54. The van der Waals surface area contributed by atoms with Crippen LogP contribution < -0.4 is 0 Å². The van der Waals surface area contributed by atoms with E-state index in [1.165, 1.54) is 10.7 Å². The standard InChI is InChI=1S/C20H31N3O3S/c1-16-7-8-19(17(2)14-16)27(25,26)23-12-10-21(11-13-23)20(24)15-22-9-5-4-6-18(22)3/h7-8,14,18H,4-6,9-13,15H2,1-3H3/t18-/m1/s1. The Labute approximate surface area is 163 Å². The first-order valence-corrected chi connectivity index (χ1v) is 11.3. The topological polar surface area (TPSA) is 60.9 Å². The minimum atomic E-state index is -3.51. The predicted molar refractivity (Wildman–Crippen MR) is 106 cm³/mol. The van der Waals surface area contributed by atoms with Crippen molar-refractivity contribution >= 4 is 15.9 Å². The number of nitrogens with zero attached hydrogens (tertiary/aromatic N) is 3. The molecule has 3 rings (SSSR count). The first-order chi connectivity index (χ1) is 12.8. The van der Waals surface area contributed by atoms with E-state index >= 15 is 0 Å². The highest BCUT2D eigenvalue weighted by atomic mass is 32.2. The number of carbonyl (C=O) groups excluding carboxylic acids is 1. The van der Waals surface area contributed by atoms with Crippen LogP contribution in [-0.2, 0) is 14.8 Å². The Morgan fingerprint density at radius 2 is 1.78 bits per heavy atom. The second-order valence-electron chi connectivity index (χ2n) is 7.87. The Morgan fingerprint density at radius 3 is 2.41 bits per heavy atom. The third-order valence-electron chi connectivity index (χ3n) is 5.82. The smallest absolute Gasteiger partial charge is 0.243 e. The molecule has 6 nitrogen and oxygen atoms in total. The van der Waals surface area contributed by atoms with E-state index in [0.29, 0.717) is 43.7 Å². The lowest BCUT2D eigenvalue weighted by Gasteiger charge is -2.37. The third kappa shape index (κ3) is 4.52. The van der Waals surface area contributed by atoms with Crippen LogP contribution in [0.3, 0.4) is 0 Å². The van der Waals surface area contributed by atoms with Gasteiger partial charge in [-0.3, -0.25) is 9.69 Å². The van der Waals surface area contributed by atoms with Crippen molar-refractivity contribution < 1.29 is 13.2 Å². The fourth-order valence-corrected chi connectivity index (χ4v) is 5.70. The fourth-order valence-electron chi connectivity index (χ4n) is 4.07. The Hall–Kier alpha value is -1.44. The average Bonchev–Trinajstić information content (AvgIpc) is 2.63. The quantitative estimate of drug-likeness (QED) is 0.785. The molecular weight excluding hydrogens is 362 g/mol. The fraction of sp³-hybridized carbons (Fsp3) is 0.650. The zero-order chi connectivity index (χ0) is 19.6. The minimum absolute atomic E-state index is 0.118. The van der Waals surface area contributed by atoms with Crippen molar-refractivity contribution in [2.75, 3.05) is 39.3 Å². The van der Waals surface area contributed by atoms with E-state index < -0.39 is 10.0 Å². The predicted octanol–water partition coefficient (Wildman–Crippen LogP) is 2.01. The molecule has 2 aliphatic heterocycles. The molecule has 0 saturated carbocycles.